The lowest BCUT2D eigenvalue weighted by molar-refractivity contribution is -0.484. The number of fused-ring (bicyclic) bond motifs is 1. The Labute approximate surface area is 178 Å². The zero-order chi connectivity index (χ0) is 23.4. The van der Waals surface area contributed by atoms with E-state index in [2.05, 4.69) is 4.98 Å². The number of Topliss-reactive ketones (excluding diaryl/α,β-unsaturated/α-hetero) is 2. The highest BCUT2D eigenvalue weighted by atomic mass is 17.0. The van der Waals surface area contributed by atoms with Crippen molar-refractivity contribution in [1.29, 1.82) is 0 Å². The van der Waals surface area contributed by atoms with Crippen LogP contribution in [0.15, 0.2) is 30.5 Å². The Kier molecular flexibility index (Phi) is 7.65. The number of carboxylic acid groups (broad SMARTS) is 1. The normalized spacial score (nSPS) is 15.1. The number of para-hydroxylation sites is 1. The van der Waals surface area contributed by atoms with E-state index in [9.17, 15) is 19.5 Å². The highest BCUT2D eigenvalue weighted by molar-refractivity contribution is 6.43. The van der Waals surface area contributed by atoms with Gasteiger partial charge in [0.1, 0.15) is 5.92 Å². The molecule has 31 heavy (non-hydrogen) atoms. The van der Waals surface area contributed by atoms with Crippen LogP contribution >= 0.6 is 0 Å². The lowest BCUT2D eigenvalue weighted by Gasteiger charge is -2.48. The molecule has 0 fully saturated rings. The number of aliphatic carboxylic acids is 1. The molecule has 0 aliphatic carbocycles. The van der Waals surface area contributed by atoms with E-state index in [4.69, 9.17) is 23.9 Å². The minimum absolute atomic E-state index is 0.276. The molecule has 0 saturated heterocycles. The Hall–Kier alpha value is -2.67. The fraction of sp³-hybridized carbons (Fsp3) is 0.450. The second kappa shape index (κ2) is 9.64. The maximum Gasteiger partial charge on any atom is 0.314 e. The van der Waals surface area contributed by atoms with Crippen molar-refractivity contribution in [3.63, 3.8) is 0 Å². The van der Waals surface area contributed by atoms with Crippen LogP contribution in [0, 0.1) is 5.92 Å². The summed E-state index contributed by atoms with van der Waals surface area (Å²) in [5.41, 5.74) is -1.58. The minimum Gasteiger partial charge on any atom is -0.481 e. The van der Waals surface area contributed by atoms with E-state index >= 15 is 0 Å². The number of ether oxygens (including phenoxy) is 3. The van der Waals surface area contributed by atoms with E-state index in [0.29, 0.717) is 16.1 Å². The lowest BCUT2D eigenvalue weighted by atomic mass is 9.85. The van der Waals surface area contributed by atoms with Crippen LogP contribution in [0.1, 0.15) is 12.5 Å². The van der Waals surface area contributed by atoms with Gasteiger partial charge in [0.05, 0.1) is 14.2 Å². The van der Waals surface area contributed by atoms with E-state index < -0.39 is 35.0 Å². The van der Waals surface area contributed by atoms with Crippen molar-refractivity contribution in [3.05, 3.63) is 36.0 Å². The second-order valence-corrected chi connectivity index (χ2v) is 6.50. The average Bonchev–Trinajstić information content (AvgIpc) is 3.22. The quantitative estimate of drug-likeness (QED) is 0.215. The van der Waals surface area contributed by atoms with Crippen LogP contribution in [-0.2, 0) is 44.1 Å². The van der Waals surface area contributed by atoms with Gasteiger partial charge < -0.3 is 24.3 Å². The van der Waals surface area contributed by atoms with Gasteiger partial charge in [-0.05, 0) is 18.2 Å². The van der Waals surface area contributed by atoms with Gasteiger partial charge in [0.2, 0.25) is 5.78 Å². The van der Waals surface area contributed by atoms with Gasteiger partial charge >= 0.3 is 5.97 Å². The summed E-state index contributed by atoms with van der Waals surface area (Å²) in [5.74, 6) is -7.89. The zero-order valence-corrected chi connectivity index (χ0v) is 18.1. The molecule has 0 aliphatic heterocycles. The Balaban J connectivity index is 2.91. The molecule has 0 bridgehead atoms. The Morgan fingerprint density at radius 3 is 2.06 bits per heavy atom. The van der Waals surface area contributed by atoms with Gasteiger partial charge in [0.25, 0.3) is 17.3 Å². The number of methoxy groups -OCH3 is 3. The molecule has 1 heterocycles. The first kappa shape index (κ1) is 24.6. The standard InChI is InChI=1S/C20H26N2O9/c1-12(18(25)26)16(23)17(24)19(27-2,22(30-5)31-6)20(28-3,29-4)14-11-21-15-10-8-7-9-13(14)15/h7-12,21H,1-6H3,(H,25,26)/t12?,19-/m0/s1. The predicted octanol–water partition coefficient (Wildman–Crippen LogP) is 1.24. The van der Waals surface area contributed by atoms with E-state index in [0.717, 1.165) is 14.0 Å². The van der Waals surface area contributed by atoms with Crippen LogP contribution in [-0.4, -0.2) is 74.1 Å². The van der Waals surface area contributed by atoms with E-state index in [1.165, 1.54) is 34.6 Å². The number of benzene rings is 1. The smallest absolute Gasteiger partial charge is 0.314 e. The molecule has 1 aromatic carbocycles. The molecule has 11 nitrogen and oxygen atoms in total. The van der Waals surface area contributed by atoms with Crippen LogP contribution in [0.5, 0.6) is 0 Å². The third kappa shape index (κ3) is 3.65. The van der Waals surface area contributed by atoms with Crippen LogP contribution in [0.4, 0.5) is 0 Å². The first-order valence-electron chi connectivity index (χ1n) is 9.14. The summed E-state index contributed by atoms with van der Waals surface area (Å²) in [7, 11) is 5.92. The predicted molar refractivity (Wildman–Crippen MR) is 106 cm³/mol. The van der Waals surface area contributed by atoms with E-state index in [1.807, 2.05) is 0 Å². The number of carboxylic acids is 1. The molecule has 2 aromatic rings. The van der Waals surface area contributed by atoms with Gasteiger partial charge in [-0.15, -0.1) is 0 Å². The van der Waals surface area contributed by atoms with Gasteiger partial charge in [-0.25, -0.2) is 0 Å². The molecular formula is C20H26N2O9. The fourth-order valence-corrected chi connectivity index (χ4v) is 3.57. The fourth-order valence-electron chi connectivity index (χ4n) is 3.57. The summed E-state index contributed by atoms with van der Waals surface area (Å²) < 4.78 is 17.0. The molecule has 11 heteroatoms. The summed E-state index contributed by atoms with van der Waals surface area (Å²) >= 11 is 0. The van der Waals surface area contributed by atoms with Crippen molar-refractivity contribution < 1.29 is 43.4 Å². The van der Waals surface area contributed by atoms with Gasteiger partial charge in [0.15, 0.2) is 0 Å². The summed E-state index contributed by atoms with van der Waals surface area (Å²) in [6.45, 7) is 1.08. The van der Waals surface area contributed by atoms with E-state index in [-0.39, 0.29) is 5.56 Å². The number of nitrogens with one attached hydrogen (secondary N) is 1. The Morgan fingerprint density at radius 2 is 1.58 bits per heavy atom. The number of nitrogens with zero attached hydrogens (tertiary/aromatic N) is 1. The molecule has 0 aliphatic rings. The molecule has 2 N–H and O–H groups in total. The van der Waals surface area contributed by atoms with Crippen LogP contribution in [0.2, 0.25) is 0 Å². The van der Waals surface area contributed by atoms with Crippen LogP contribution in [0.25, 0.3) is 10.9 Å². The van der Waals surface area contributed by atoms with Crippen LogP contribution in [0.3, 0.4) is 0 Å². The number of H-pyrrole nitrogens is 1. The highest BCUT2D eigenvalue weighted by Gasteiger charge is 2.68. The summed E-state index contributed by atoms with van der Waals surface area (Å²) in [6.07, 6.45) is 1.52. The molecule has 0 saturated carbocycles. The molecule has 2 rings (SSSR count). The van der Waals surface area contributed by atoms with Crippen molar-refractivity contribution in [2.24, 2.45) is 5.92 Å². The topological polar surface area (TPSA) is 137 Å². The molecule has 1 unspecified atom stereocenters. The van der Waals surface area contributed by atoms with Gasteiger partial charge in [-0.2, -0.15) is 0 Å². The number of hydrogen-bond acceptors (Lipinski definition) is 9. The maximum atomic E-state index is 13.6. The average molecular weight is 438 g/mol. The first-order chi connectivity index (χ1) is 14.7. The molecule has 1 aromatic heterocycles. The minimum atomic E-state index is -2.54. The summed E-state index contributed by atoms with van der Waals surface area (Å²) in [6, 6.07) is 7.08. The zero-order valence-electron chi connectivity index (χ0n) is 18.1. The van der Waals surface area contributed by atoms with Crippen molar-refractivity contribution in [2.75, 3.05) is 35.5 Å². The molecule has 0 spiro atoms. The number of hydroxylamine groups is 2. The SMILES string of the molecule is CON(OC)[C@](OC)(C(=O)C(=O)C(C)C(=O)O)C(OC)(OC)c1c[nH]c2ccccc12. The number of aromatic nitrogens is 1. The van der Waals surface area contributed by atoms with E-state index in [1.54, 1.807) is 24.3 Å². The molecule has 0 amide bonds. The van der Waals surface area contributed by atoms with Crippen molar-refractivity contribution in [3.8, 4) is 0 Å². The largest absolute Gasteiger partial charge is 0.481 e. The number of rotatable bonds is 12. The molecule has 170 valence electrons. The van der Waals surface area contributed by atoms with Gasteiger partial charge in [-0.1, -0.05) is 18.2 Å². The number of carbonyl (C=O) groups is 3. The summed E-state index contributed by atoms with van der Waals surface area (Å²) in [5, 5.41) is 10.5. The Bertz CT molecular complexity index is 949. The third-order valence-electron chi connectivity index (χ3n) is 5.14. The van der Waals surface area contributed by atoms with Gasteiger partial charge in [0, 0.05) is 44.0 Å². The van der Waals surface area contributed by atoms with Crippen LogP contribution < -0.4 is 0 Å². The first-order valence-corrected chi connectivity index (χ1v) is 9.14. The maximum absolute atomic E-state index is 13.6. The number of ketones is 2. The summed E-state index contributed by atoms with van der Waals surface area (Å²) in [4.78, 5) is 51.3. The number of aromatic amines is 1. The Morgan fingerprint density at radius 1 is 1.00 bits per heavy atom. The monoisotopic (exact) mass is 438 g/mol. The lowest BCUT2D eigenvalue weighted by Crippen LogP contribution is -2.71. The third-order valence-corrected chi connectivity index (χ3v) is 5.14. The van der Waals surface area contributed by atoms with Gasteiger partial charge in [-0.3, -0.25) is 24.1 Å². The van der Waals surface area contributed by atoms with Crippen molar-refractivity contribution in [1.82, 2.24) is 10.2 Å². The molecule has 0 radical (unpaired) electrons. The highest BCUT2D eigenvalue weighted by Crippen LogP contribution is 2.45. The number of hydrogen-bond donors (Lipinski definition) is 2. The van der Waals surface area contributed by atoms with Crippen molar-refractivity contribution in [2.45, 2.75) is 18.4 Å². The number of carbonyl (C=O) groups excluding carboxylic acids is 2. The molecular weight excluding hydrogens is 412 g/mol. The molecule has 2 atom stereocenters. The second-order valence-electron chi connectivity index (χ2n) is 6.50. The van der Waals surface area contributed by atoms with Crippen molar-refractivity contribution >= 4 is 28.4 Å².